The van der Waals surface area contributed by atoms with E-state index in [-0.39, 0.29) is 18.7 Å². The number of carboxylic acids is 1. The molecule has 1 aliphatic rings. The molecule has 4 N–H and O–H groups in total. The highest BCUT2D eigenvalue weighted by atomic mass is 16.4. The second-order valence-corrected chi connectivity index (χ2v) is 3.33. The first kappa shape index (κ1) is 12.5. The van der Waals surface area contributed by atoms with Gasteiger partial charge in [0.2, 0.25) is 0 Å². The first-order valence-corrected chi connectivity index (χ1v) is 4.84. The molecule has 0 aromatic rings. The van der Waals surface area contributed by atoms with Gasteiger partial charge in [-0.05, 0) is 0 Å². The molecule has 7 heteroatoms. The summed E-state index contributed by atoms with van der Waals surface area (Å²) in [7, 11) is 0. The van der Waals surface area contributed by atoms with Crippen LogP contribution in [0.1, 0.15) is 0 Å². The zero-order valence-electron chi connectivity index (χ0n) is 8.64. The summed E-state index contributed by atoms with van der Waals surface area (Å²) in [6.07, 6.45) is 0. The molecular weight excluding hydrogens is 216 g/mol. The zero-order valence-corrected chi connectivity index (χ0v) is 8.64. The number of amides is 1. The lowest BCUT2D eigenvalue weighted by Crippen LogP contribution is -2.35. The van der Waals surface area contributed by atoms with E-state index in [0.29, 0.717) is 19.6 Å². The van der Waals surface area contributed by atoms with Crippen LogP contribution in [0.5, 0.6) is 0 Å². The number of carboxylic acid groups (broad SMARTS) is 1. The van der Waals surface area contributed by atoms with E-state index in [4.69, 9.17) is 10.2 Å². The van der Waals surface area contributed by atoms with Crippen LogP contribution in [-0.4, -0.2) is 64.9 Å². The summed E-state index contributed by atoms with van der Waals surface area (Å²) in [5.74, 6) is -2.63. The number of nitrogens with one attached hydrogen (secondary N) is 1. The van der Waals surface area contributed by atoms with Crippen LogP contribution in [0.3, 0.4) is 0 Å². The predicted octanol–water partition coefficient (Wildman–Crippen LogP) is -1.69. The Labute approximate surface area is 92.0 Å². The van der Waals surface area contributed by atoms with Crippen LogP contribution in [0.25, 0.3) is 0 Å². The fourth-order valence-corrected chi connectivity index (χ4v) is 1.38. The third kappa shape index (κ3) is 2.71. The Morgan fingerprint density at radius 2 is 2.12 bits per heavy atom. The minimum Gasteiger partial charge on any atom is -0.503 e. The van der Waals surface area contributed by atoms with Gasteiger partial charge in [0, 0.05) is 19.6 Å². The first-order chi connectivity index (χ1) is 7.57. The molecule has 0 fully saturated rings. The summed E-state index contributed by atoms with van der Waals surface area (Å²) in [6, 6.07) is 0. The topological polar surface area (TPSA) is 110 Å². The third-order valence-corrected chi connectivity index (χ3v) is 2.23. The molecule has 0 aliphatic carbocycles. The van der Waals surface area contributed by atoms with Gasteiger partial charge in [-0.15, -0.1) is 0 Å². The lowest BCUT2D eigenvalue weighted by atomic mass is 10.3. The van der Waals surface area contributed by atoms with Crippen LogP contribution in [0, 0.1) is 0 Å². The molecule has 1 rings (SSSR count). The van der Waals surface area contributed by atoms with Gasteiger partial charge in [-0.25, -0.2) is 4.79 Å². The molecule has 0 radical (unpaired) electrons. The Hall–Kier alpha value is -1.60. The Kier molecular flexibility index (Phi) is 4.27. The van der Waals surface area contributed by atoms with Crippen LogP contribution < -0.4 is 5.32 Å². The van der Waals surface area contributed by atoms with Crippen LogP contribution in [-0.2, 0) is 9.59 Å². The van der Waals surface area contributed by atoms with Gasteiger partial charge >= 0.3 is 5.97 Å². The van der Waals surface area contributed by atoms with E-state index in [0.717, 1.165) is 0 Å². The summed E-state index contributed by atoms with van der Waals surface area (Å²) in [6.45, 7) is 1.05. The van der Waals surface area contributed by atoms with Crippen molar-refractivity contribution < 1.29 is 24.9 Å². The van der Waals surface area contributed by atoms with Gasteiger partial charge in [-0.2, -0.15) is 0 Å². The fraction of sp³-hybridized carbons (Fsp3) is 0.556. The average Bonchev–Trinajstić information content (AvgIpc) is 2.52. The molecule has 0 aromatic heterocycles. The van der Waals surface area contributed by atoms with Crippen molar-refractivity contribution >= 4 is 11.9 Å². The van der Waals surface area contributed by atoms with Crippen molar-refractivity contribution in [2.24, 2.45) is 0 Å². The number of carbonyl (C=O) groups excluding carboxylic acids is 1. The lowest BCUT2D eigenvalue weighted by Gasteiger charge is -2.15. The highest BCUT2D eigenvalue weighted by molar-refractivity contribution is 6.04. The van der Waals surface area contributed by atoms with Gasteiger partial charge < -0.3 is 25.5 Å². The van der Waals surface area contributed by atoms with Crippen molar-refractivity contribution in [3.8, 4) is 0 Å². The Bertz CT molecular complexity index is 326. The Morgan fingerprint density at radius 3 is 2.62 bits per heavy atom. The van der Waals surface area contributed by atoms with E-state index >= 15 is 0 Å². The number of aliphatic carboxylic acids is 1. The minimum absolute atomic E-state index is 0.00216. The molecule has 1 heterocycles. The predicted molar refractivity (Wildman–Crippen MR) is 53.8 cm³/mol. The number of hydrogen-bond acceptors (Lipinski definition) is 5. The first-order valence-electron chi connectivity index (χ1n) is 4.84. The highest BCUT2D eigenvalue weighted by Crippen LogP contribution is 2.16. The standard InChI is InChI=1S/C9H14N2O5/c12-4-2-10-1-3-11-5-6(9(15)16)7(13)8(11)14/h10,12-13H,1-5H2,(H,15,16). The van der Waals surface area contributed by atoms with Gasteiger partial charge in [0.15, 0.2) is 5.76 Å². The SMILES string of the molecule is O=C(O)C1=C(O)C(=O)N(CCNCCO)C1. The van der Waals surface area contributed by atoms with Gasteiger partial charge in [0.25, 0.3) is 5.91 Å². The Morgan fingerprint density at radius 1 is 1.44 bits per heavy atom. The summed E-state index contributed by atoms with van der Waals surface area (Å²) in [5, 5.41) is 29.3. The molecule has 0 aromatic carbocycles. The molecule has 90 valence electrons. The number of nitrogens with zero attached hydrogens (tertiary/aromatic N) is 1. The largest absolute Gasteiger partial charge is 0.503 e. The highest BCUT2D eigenvalue weighted by Gasteiger charge is 2.33. The molecular formula is C9H14N2O5. The van der Waals surface area contributed by atoms with Crippen LogP contribution in [0.4, 0.5) is 0 Å². The summed E-state index contributed by atoms with van der Waals surface area (Å²) < 4.78 is 0. The summed E-state index contributed by atoms with van der Waals surface area (Å²) in [4.78, 5) is 23.2. The molecule has 7 nitrogen and oxygen atoms in total. The van der Waals surface area contributed by atoms with E-state index in [2.05, 4.69) is 5.32 Å². The molecule has 0 saturated carbocycles. The van der Waals surface area contributed by atoms with E-state index in [1.807, 2.05) is 0 Å². The molecule has 1 aliphatic heterocycles. The number of hydrogen-bond donors (Lipinski definition) is 4. The van der Waals surface area contributed by atoms with Gasteiger partial charge in [-0.1, -0.05) is 0 Å². The second kappa shape index (κ2) is 5.47. The van der Waals surface area contributed by atoms with E-state index < -0.39 is 17.6 Å². The monoisotopic (exact) mass is 230 g/mol. The van der Waals surface area contributed by atoms with E-state index in [9.17, 15) is 14.7 Å². The summed E-state index contributed by atoms with van der Waals surface area (Å²) in [5.41, 5.74) is -0.271. The van der Waals surface area contributed by atoms with Gasteiger partial charge in [0.05, 0.1) is 13.2 Å². The minimum atomic E-state index is -1.28. The van der Waals surface area contributed by atoms with Crippen molar-refractivity contribution in [1.29, 1.82) is 0 Å². The second-order valence-electron chi connectivity index (χ2n) is 3.33. The number of rotatable bonds is 6. The van der Waals surface area contributed by atoms with Crippen molar-refractivity contribution in [1.82, 2.24) is 10.2 Å². The smallest absolute Gasteiger partial charge is 0.337 e. The molecule has 0 atom stereocenters. The van der Waals surface area contributed by atoms with Crippen molar-refractivity contribution in [2.45, 2.75) is 0 Å². The maximum atomic E-state index is 11.4. The van der Waals surface area contributed by atoms with Crippen molar-refractivity contribution in [3.63, 3.8) is 0 Å². The molecule has 1 amide bonds. The van der Waals surface area contributed by atoms with Crippen LogP contribution >= 0.6 is 0 Å². The van der Waals surface area contributed by atoms with Crippen molar-refractivity contribution in [2.75, 3.05) is 32.8 Å². The zero-order chi connectivity index (χ0) is 12.1. The number of aliphatic hydroxyl groups excluding tert-OH is 2. The Balaban J connectivity index is 2.44. The quantitative estimate of drug-likeness (QED) is 0.405. The molecule has 0 bridgehead atoms. The maximum absolute atomic E-state index is 11.4. The summed E-state index contributed by atoms with van der Waals surface area (Å²) >= 11 is 0. The number of aliphatic hydroxyl groups is 2. The van der Waals surface area contributed by atoms with Gasteiger partial charge in [0.1, 0.15) is 5.57 Å². The van der Waals surface area contributed by atoms with Crippen LogP contribution in [0.2, 0.25) is 0 Å². The number of carbonyl (C=O) groups is 2. The molecule has 16 heavy (non-hydrogen) atoms. The maximum Gasteiger partial charge on any atom is 0.337 e. The van der Waals surface area contributed by atoms with Crippen LogP contribution in [0.15, 0.2) is 11.3 Å². The third-order valence-electron chi connectivity index (χ3n) is 2.23. The van der Waals surface area contributed by atoms with Gasteiger partial charge in [-0.3, -0.25) is 4.79 Å². The normalized spacial score (nSPS) is 16.1. The van der Waals surface area contributed by atoms with E-state index in [1.54, 1.807) is 0 Å². The van der Waals surface area contributed by atoms with Crippen molar-refractivity contribution in [3.05, 3.63) is 11.3 Å². The van der Waals surface area contributed by atoms with E-state index in [1.165, 1.54) is 4.90 Å². The lowest BCUT2D eigenvalue weighted by molar-refractivity contribution is -0.133. The fourth-order valence-electron chi connectivity index (χ4n) is 1.38. The molecule has 0 saturated heterocycles. The molecule has 0 spiro atoms. The molecule has 0 unspecified atom stereocenters. The average molecular weight is 230 g/mol.